The van der Waals surface area contributed by atoms with E-state index in [1.807, 2.05) is 0 Å². The Labute approximate surface area is 241 Å². The second kappa shape index (κ2) is 11.6. The van der Waals surface area contributed by atoms with Crippen molar-refractivity contribution in [2.75, 3.05) is 0 Å². The number of allylic oxidation sites excluding steroid dienone is 10. The Morgan fingerprint density at radius 3 is 1.51 bits per heavy atom. The van der Waals surface area contributed by atoms with Gasteiger partial charge in [0.25, 0.3) is 0 Å². The van der Waals surface area contributed by atoms with Crippen LogP contribution >= 0.6 is 23.5 Å². The Balaban J connectivity index is 0.00000144. The number of rotatable bonds is 4. The maximum atomic E-state index is 2.50. The maximum absolute atomic E-state index is 2.50. The molecule has 0 fully saturated rings. The normalized spacial score (nSPS) is 24.1. The summed E-state index contributed by atoms with van der Waals surface area (Å²) in [6.45, 7) is 4.48. The molecule has 4 aliphatic rings. The van der Waals surface area contributed by atoms with Crippen LogP contribution in [-0.2, 0) is 23.2 Å². The van der Waals surface area contributed by atoms with Gasteiger partial charge in [-0.1, -0.05) is 0 Å². The van der Waals surface area contributed by atoms with Gasteiger partial charge in [0.1, 0.15) is 0 Å². The van der Waals surface area contributed by atoms with Crippen LogP contribution in [0.2, 0.25) is 0 Å². The molecule has 0 amide bonds. The van der Waals surface area contributed by atoms with Crippen molar-refractivity contribution < 1.29 is 48.0 Å². The standard InChI is InChI=1S/2C15H13S.2ClH.Zr/c2*1-11-6-7-12(8-11)9-13-10-16-15-5-3-2-4-14(13)15;;;/h2*2-5,7-10H,6H2,1H3;2*1H;/q;;;;+2/p-2. The zero-order valence-corrected chi connectivity index (χ0v) is 25.3. The summed E-state index contributed by atoms with van der Waals surface area (Å²) in [5.74, 6) is 0. The van der Waals surface area contributed by atoms with Crippen molar-refractivity contribution >= 4 is 34.7 Å². The van der Waals surface area contributed by atoms with Gasteiger partial charge in [0, 0.05) is 0 Å². The number of fused-ring (bicyclic) bond motifs is 2. The van der Waals surface area contributed by atoms with Crippen molar-refractivity contribution in [3.63, 3.8) is 0 Å². The molecule has 2 atom stereocenters. The van der Waals surface area contributed by atoms with Gasteiger partial charge in [0.15, 0.2) is 0 Å². The van der Waals surface area contributed by atoms with E-state index in [0.29, 0.717) is 5.92 Å². The Kier molecular flexibility index (Phi) is 8.99. The predicted octanol–water partition coefficient (Wildman–Crippen LogP) is 2.66. The fourth-order valence-electron chi connectivity index (χ4n) is 4.89. The summed E-state index contributed by atoms with van der Waals surface area (Å²) >= 11 is 3.44. The van der Waals surface area contributed by atoms with Crippen molar-refractivity contribution in [2.45, 2.75) is 42.4 Å². The quantitative estimate of drug-likeness (QED) is 0.521. The fraction of sp³-hybridized carbons (Fsp3) is 0.200. The van der Waals surface area contributed by atoms with Crippen LogP contribution in [0.1, 0.15) is 37.8 Å². The van der Waals surface area contributed by atoms with E-state index >= 15 is 0 Å². The molecule has 0 aromatic heterocycles. The van der Waals surface area contributed by atoms with Gasteiger partial charge in [0.05, 0.1) is 0 Å². The minimum absolute atomic E-state index is 0. The summed E-state index contributed by atoms with van der Waals surface area (Å²) < 4.78 is 1.29. The molecule has 2 unspecified atom stereocenters. The molecule has 0 radical (unpaired) electrons. The van der Waals surface area contributed by atoms with Crippen LogP contribution in [0.4, 0.5) is 0 Å². The molecule has 0 nitrogen and oxygen atoms in total. The van der Waals surface area contributed by atoms with Crippen LogP contribution in [-0.4, -0.2) is 5.92 Å². The van der Waals surface area contributed by atoms with E-state index in [2.05, 4.69) is 122 Å². The first-order valence-electron chi connectivity index (χ1n) is 11.6. The Hall–Kier alpha value is -0.957. The third-order valence-electron chi connectivity index (χ3n) is 6.54. The summed E-state index contributed by atoms with van der Waals surface area (Å²) in [5.41, 5.74) is 11.8. The van der Waals surface area contributed by atoms with Crippen molar-refractivity contribution in [1.82, 2.24) is 0 Å². The molecule has 5 heteroatoms. The van der Waals surface area contributed by atoms with Crippen LogP contribution in [0, 0.1) is 0 Å². The molecule has 0 bridgehead atoms. The summed E-state index contributed by atoms with van der Waals surface area (Å²) in [7, 11) is 0. The molecule has 2 aromatic carbocycles. The van der Waals surface area contributed by atoms with Gasteiger partial charge >= 0.3 is 219 Å². The van der Waals surface area contributed by atoms with Crippen LogP contribution < -0.4 is 24.8 Å². The van der Waals surface area contributed by atoms with E-state index in [1.165, 1.54) is 43.2 Å². The molecule has 2 aliphatic heterocycles. The first-order chi connectivity index (χ1) is 16.1. The maximum Gasteiger partial charge on any atom is -1.00 e. The fourth-order valence-corrected chi connectivity index (χ4v) is 14.9. The van der Waals surface area contributed by atoms with Crippen molar-refractivity contribution in [2.24, 2.45) is 0 Å². The van der Waals surface area contributed by atoms with E-state index < -0.39 is 23.2 Å². The molecular weight excluding hydrogens is 587 g/mol. The molecule has 0 saturated heterocycles. The molecule has 2 heterocycles. The molecule has 35 heavy (non-hydrogen) atoms. The smallest absolute Gasteiger partial charge is 1.00 e. The van der Waals surface area contributed by atoms with Gasteiger partial charge in [-0.05, 0) is 0 Å². The van der Waals surface area contributed by atoms with Gasteiger partial charge in [-0.25, -0.2) is 0 Å². The molecule has 0 spiro atoms. The Bertz CT molecular complexity index is 1230. The monoisotopic (exact) mass is 610 g/mol. The Morgan fingerprint density at radius 1 is 0.686 bits per heavy atom. The zero-order chi connectivity index (χ0) is 22.4. The topological polar surface area (TPSA) is 0 Å². The molecule has 176 valence electrons. The average molecular weight is 613 g/mol. The predicted molar refractivity (Wildman–Crippen MR) is 141 cm³/mol. The van der Waals surface area contributed by atoms with Crippen LogP contribution in [0.5, 0.6) is 0 Å². The summed E-state index contributed by atoms with van der Waals surface area (Å²) in [6.07, 6.45) is 16.7. The molecule has 2 aromatic rings. The molecule has 0 saturated carbocycles. The minimum Gasteiger partial charge on any atom is -1.00 e. The number of halogens is 2. The van der Waals surface area contributed by atoms with Gasteiger partial charge < -0.3 is 24.8 Å². The first-order valence-corrected chi connectivity index (χ1v) is 16.2. The first kappa shape index (κ1) is 27.1. The van der Waals surface area contributed by atoms with E-state index in [1.54, 1.807) is 11.1 Å². The van der Waals surface area contributed by atoms with E-state index in [-0.39, 0.29) is 24.8 Å². The molecule has 6 rings (SSSR count). The number of hydrogen-bond donors (Lipinski definition) is 0. The van der Waals surface area contributed by atoms with Gasteiger partial charge in [-0.3, -0.25) is 0 Å². The molecule has 0 N–H and O–H groups in total. The average Bonchev–Trinajstić information content (AvgIpc) is 3.57. The van der Waals surface area contributed by atoms with Gasteiger partial charge in [-0.15, -0.1) is 0 Å². The summed E-state index contributed by atoms with van der Waals surface area (Å²) in [6, 6.07) is 18.1. The third kappa shape index (κ3) is 5.65. The summed E-state index contributed by atoms with van der Waals surface area (Å²) in [5, 5.41) is 0. The van der Waals surface area contributed by atoms with Crippen LogP contribution in [0.15, 0.2) is 117 Å². The van der Waals surface area contributed by atoms with Crippen LogP contribution in [0.25, 0.3) is 11.1 Å². The SMILES string of the molecule is CC1=CC(C=C2c3ccccc3S[CH]2[Zr+2][CH]2Sc3ccccc3C2=CC2=CCC(C)=C2)=CC1.[Cl-].[Cl-]. The zero-order valence-electron chi connectivity index (χ0n) is 19.7. The van der Waals surface area contributed by atoms with Crippen LogP contribution in [0.3, 0.4) is 0 Å². The third-order valence-corrected chi connectivity index (χ3v) is 15.1. The van der Waals surface area contributed by atoms with E-state index in [0.717, 1.165) is 12.8 Å². The van der Waals surface area contributed by atoms with E-state index in [9.17, 15) is 0 Å². The van der Waals surface area contributed by atoms with Crippen molar-refractivity contribution in [3.8, 4) is 0 Å². The number of thioether (sulfide) groups is 2. The largest absolute Gasteiger partial charge is 1.00 e. The van der Waals surface area contributed by atoms with Crippen molar-refractivity contribution in [1.29, 1.82) is 0 Å². The second-order valence-electron chi connectivity index (χ2n) is 9.15. The minimum atomic E-state index is -0.827. The molecule has 2 aliphatic carbocycles. The Morgan fingerprint density at radius 2 is 1.11 bits per heavy atom. The summed E-state index contributed by atoms with van der Waals surface area (Å²) in [4.78, 5) is 2.94. The number of hydrogen-bond acceptors (Lipinski definition) is 2. The molecular formula is C30H26Cl2S2Zr. The van der Waals surface area contributed by atoms with Gasteiger partial charge in [0.2, 0.25) is 0 Å². The second-order valence-corrected chi connectivity index (χ2v) is 17.2. The van der Waals surface area contributed by atoms with Crippen molar-refractivity contribution in [3.05, 3.63) is 118 Å². The van der Waals surface area contributed by atoms with Gasteiger partial charge in [-0.2, -0.15) is 0 Å². The van der Waals surface area contributed by atoms with E-state index in [4.69, 9.17) is 0 Å². The number of benzene rings is 2.